The number of carbonyl (C=O) groups is 1. The molecule has 0 heterocycles. The predicted octanol–water partition coefficient (Wildman–Crippen LogP) is 2.96. The third kappa shape index (κ3) is 5.35. The maximum atomic E-state index is 12.3. The van der Waals surface area contributed by atoms with E-state index >= 15 is 0 Å². The summed E-state index contributed by atoms with van der Waals surface area (Å²) in [7, 11) is 1.56. The number of urea groups is 1. The Morgan fingerprint density at radius 3 is 2.68 bits per heavy atom. The Morgan fingerprint density at radius 2 is 2.00 bits per heavy atom. The molecule has 0 aliphatic carbocycles. The molecule has 0 saturated heterocycles. The van der Waals surface area contributed by atoms with Gasteiger partial charge in [0.2, 0.25) is 0 Å². The van der Waals surface area contributed by atoms with E-state index in [-0.39, 0.29) is 6.61 Å². The minimum atomic E-state index is -0.425. The highest BCUT2D eigenvalue weighted by atomic mass is 79.9. The lowest BCUT2D eigenvalue weighted by atomic mass is 10.2. The van der Waals surface area contributed by atoms with E-state index in [4.69, 9.17) is 10.5 Å². The topological polar surface area (TPSA) is 109 Å². The molecular weight excluding hydrogens is 388 g/mol. The highest BCUT2D eigenvalue weighted by Gasteiger charge is 2.10. The van der Waals surface area contributed by atoms with E-state index in [9.17, 15) is 9.90 Å². The first-order chi connectivity index (χ1) is 12.1. The second-order valence-corrected chi connectivity index (χ2v) is 6.02. The Balaban J connectivity index is 2.13. The molecule has 0 aliphatic rings. The van der Waals surface area contributed by atoms with Gasteiger partial charge in [0.25, 0.3) is 0 Å². The van der Waals surface area contributed by atoms with Gasteiger partial charge in [-0.05, 0) is 18.2 Å². The summed E-state index contributed by atoms with van der Waals surface area (Å²) in [5, 5.41) is 18.1. The smallest absolute Gasteiger partial charge is 0.323 e. The molecule has 0 radical (unpaired) electrons. The predicted molar refractivity (Wildman–Crippen MR) is 103 cm³/mol. The number of rotatable bonds is 7. The van der Waals surface area contributed by atoms with Gasteiger partial charge in [0.05, 0.1) is 13.7 Å². The van der Waals surface area contributed by atoms with Crippen LogP contribution in [0.5, 0.6) is 5.75 Å². The summed E-state index contributed by atoms with van der Waals surface area (Å²) in [6.45, 7) is 0.910. The van der Waals surface area contributed by atoms with Gasteiger partial charge in [-0.1, -0.05) is 22.0 Å². The van der Waals surface area contributed by atoms with Gasteiger partial charge < -0.3 is 31.5 Å². The molecule has 2 rings (SSSR count). The molecule has 6 N–H and O–H groups in total. The molecule has 25 heavy (non-hydrogen) atoms. The first kappa shape index (κ1) is 19.0. The molecule has 0 saturated carbocycles. The summed E-state index contributed by atoms with van der Waals surface area (Å²) in [6.07, 6.45) is 0. The van der Waals surface area contributed by atoms with Crippen molar-refractivity contribution in [2.45, 2.75) is 6.61 Å². The first-order valence-electron chi connectivity index (χ1n) is 7.66. The van der Waals surface area contributed by atoms with Gasteiger partial charge in [-0.25, -0.2) is 4.79 Å². The Morgan fingerprint density at radius 1 is 1.24 bits per heavy atom. The molecule has 0 bridgehead atoms. The van der Waals surface area contributed by atoms with Crippen LogP contribution >= 0.6 is 15.9 Å². The van der Waals surface area contributed by atoms with Gasteiger partial charge in [-0.3, -0.25) is 0 Å². The van der Waals surface area contributed by atoms with Crippen LogP contribution in [0.1, 0.15) is 5.56 Å². The SMILES string of the molecule is COc1cc(NCCN)cc(NC(=O)Nc2cccc(Br)c2CO)c1. The van der Waals surface area contributed by atoms with Crippen LogP contribution in [-0.2, 0) is 6.61 Å². The molecular formula is C17H21BrN4O3. The zero-order valence-electron chi connectivity index (χ0n) is 13.8. The van der Waals surface area contributed by atoms with Gasteiger partial charge in [-0.2, -0.15) is 0 Å². The molecule has 2 amide bonds. The van der Waals surface area contributed by atoms with E-state index in [2.05, 4.69) is 31.9 Å². The van der Waals surface area contributed by atoms with E-state index in [1.54, 1.807) is 37.4 Å². The van der Waals surface area contributed by atoms with E-state index in [0.717, 1.165) is 10.2 Å². The summed E-state index contributed by atoms with van der Waals surface area (Å²) >= 11 is 3.35. The van der Waals surface area contributed by atoms with Crippen LogP contribution < -0.4 is 26.4 Å². The van der Waals surface area contributed by atoms with Crippen molar-refractivity contribution in [2.24, 2.45) is 5.73 Å². The lowest BCUT2D eigenvalue weighted by Crippen LogP contribution is -2.20. The van der Waals surface area contributed by atoms with Crippen molar-refractivity contribution in [1.29, 1.82) is 0 Å². The normalized spacial score (nSPS) is 10.2. The molecule has 2 aromatic rings. The van der Waals surface area contributed by atoms with Crippen LogP contribution in [0.2, 0.25) is 0 Å². The second kappa shape index (κ2) is 9.26. The number of nitrogens with two attached hydrogens (primary N) is 1. The number of carbonyl (C=O) groups excluding carboxylic acids is 1. The minimum Gasteiger partial charge on any atom is -0.497 e. The molecule has 0 fully saturated rings. The van der Waals surface area contributed by atoms with Crippen molar-refractivity contribution in [1.82, 2.24) is 0 Å². The first-order valence-corrected chi connectivity index (χ1v) is 8.46. The lowest BCUT2D eigenvalue weighted by molar-refractivity contribution is 0.262. The average Bonchev–Trinajstić information content (AvgIpc) is 2.59. The zero-order valence-corrected chi connectivity index (χ0v) is 15.4. The summed E-state index contributed by atoms with van der Waals surface area (Å²) < 4.78 is 5.97. The largest absolute Gasteiger partial charge is 0.497 e. The number of aliphatic hydroxyl groups is 1. The number of ether oxygens (including phenoxy) is 1. The quantitative estimate of drug-likeness (QED) is 0.483. The third-order valence-electron chi connectivity index (χ3n) is 3.40. The number of hydrogen-bond donors (Lipinski definition) is 5. The molecule has 8 heteroatoms. The number of aliphatic hydroxyl groups excluding tert-OH is 1. The molecule has 0 atom stereocenters. The van der Waals surface area contributed by atoms with E-state index in [1.165, 1.54) is 0 Å². The summed E-state index contributed by atoms with van der Waals surface area (Å²) in [4.78, 5) is 12.3. The van der Waals surface area contributed by atoms with Gasteiger partial charge >= 0.3 is 6.03 Å². The van der Waals surface area contributed by atoms with Gasteiger partial charge in [0.1, 0.15) is 5.75 Å². The monoisotopic (exact) mass is 408 g/mol. The van der Waals surface area contributed by atoms with Crippen LogP contribution in [0.3, 0.4) is 0 Å². The third-order valence-corrected chi connectivity index (χ3v) is 4.14. The van der Waals surface area contributed by atoms with E-state index in [0.29, 0.717) is 35.8 Å². The van der Waals surface area contributed by atoms with Crippen molar-refractivity contribution in [3.05, 3.63) is 46.4 Å². The molecule has 134 valence electrons. The Bertz CT molecular complexity index is 740. The fraction of sp³-hybridized carbons (Fsp3) is 0.235. The van der Waals surface area contributed by atoms with Crippen LogP contribution in [0.15, 0.2) is 40.9 Å². The second-order valence-electron chi connectivity index (χ2n) is 5.17. The highest BCUT2D eigenvalue weighted by molar-refractivity contribution is 9.10. The summed E-state index contributed by atoms with van der Waals surface area (Å²) in [5.41, 5.74) is 7.98. The fourth-order valence-corrected chi connectivity index (χ4v) is 2.72. The van der Waals surface area contributed by atoms with Crippen molar-refractivity contribution in [3.63, 3.8) is 0 Å². The molecule has 2 aromatic carbocycles. The Hall–Kier alpha value is -2.29. The van der Waals surface area contributed by atoms with Gasteiger partial charge in [0.15, 0.2) is 0 Å². The number of amides is 2. The summed E-state index contributed by atoms with van der Waals surface area (Å²) in [5.74, 6) is 0.607. The Labute approximate surface area is 154 Å². The van der Waals surface area contributed by atoms with Crippen molar-refractivity contribution in [2.75, 3.05) is 36.1 Å². The zero-order chi connectivity index (χ0) is 18.2. The van der Waals surface area contributed by atoms with Crippen LogP contribution in [0.4, 0.5) is 21.9 Å². The minimum absolute atomic E-state index is 0.191. The maximum Gasteiger partial charge on any atom is 0.323 e. The number of halogens is 1. The lowest BCUT2D eigenvalue weighted by Gasteiger charge is -2.14. The van der Waals surface area contributed by atoms with Crippen molar-refractivity contribution < 1.29 is 14.6 Å². The molecule has 0 unspecified atom stereocenters. The highest BCUT2D eigenvalue weighted by Crippen LogP contribution is 2.26. The van der Waals surface area contributed by atoms with Crippen LogP contribution in [0, 0.1) is 0 Å². The van der Waals surface area contributed by atoms with Gasteiger partial charge in [0, 0.05) is 52.3 Å². The maximum absolute atomic E-state index is 12.3. The Kier molecular flexibility index (Phi) is 7.05. The van der Waals surface area contributed by atoms with Crippen molar-refractivity contribution in [3.8, 4) is 5.75 Å². The molecule has 7 nitrogen and oxygen atoms in total. The number of anilines is 3. The number of hydrogen-bond acceptors (Lipinski definition) is 5. The molecule has 0 spiro atoms. The number of benzene rings is 2. The van der Waals surface area contributed by atoms with Crippen LogP contribution in [-0.4, -0.2) is 31.3 Å². The standard InChI is InChI=1S/C17H21BrN4O3/c1-25-13-8-11(20-6-5-19)7-12(9-13)21-17(24)22-16-4-2-3-15(18)14(16)10-23/h2-4,7-9,20,23H,5-6,10,19H2,1H3,(H2,21,22,24). The summed E-state index contributed by atoms with van der Waals surface area (Å²) in [6, 6.07) is 10.2. The van der Waals surface area contributed by atoms with E-state index in [1.807, 2.05) is 6.07 Å². The fourth-order valence-electron chi connectivity index (χ4n) is 2.23. The number of nitrogens with one attached hydrogen (secondary N) is 3. The molecule has 0 aromatic heterocycles. The van der Waals surface area contributed by atoms with Crippen molar-refractivity contribution >= 4 is 39.0 Å². The number of methoxy groups -OCH3 is 1. The van der Waals surface area contributed by atoms with Gasteiger partial charge in [-0.15, -0.1) is 0 Å². The van der Waals surface area contributed by atoms with E-state index < -0.39 is 6.03 Å². The molecule has 0 aliphatic heterocycles. The van der Waals surface area contributed by atoms with Crippen LogP contribution in [0.25, 0.3) is 0 Å². The average molecular weight is 409 g/mol.